The molecule has 0 bridgehead atoms. The van der Waals surface area contributed by atoms with Crippen molar-refractivity contribution in [1.82, 2.24) is 5.32 Å². The number of carboxylic acid groups (broad SMARTS) is 1. The van der Waals surface area contributed by atoms with Crippen molar-refractivity contribution in [2.45, 2.75) is 39.8 Å². The Morgan fingerprint density at radius 1 is 1.33 bits per heavy atom. The summed E-state index contributed by atoms with van der Waals surface area (Å²) in [5, 5.41) is 12.5. The third-order valence-electron chi connectivity index (χ3n) is 3.72. The minimum Gasteiger partial charge on any atom is -0.477 e. The van der Waals surface area contributed by atoms with Crippen LogP contribution < -0.4 is 5.32 Å². The highest BCUT2D eigenvalue weighted by molar-refractivity contribution is 7.14. The van der Waals surface area contributed by atoms with E-state index < -0.39 is 5.97 Å². The molecule has 3 nitrogen and oxygen atoms in total. The zero-order valence-electron chi connectivity index (χ0n) is 12.6. The van der Waals surface area contributed by atoms with Gasteiger partial charge < -0.3 is 10.4 Å². The smallest absolute Gasteiger partial charge is 0.345 e. The lowest BCUT2D eigenvalue weighted by atomic mass is 10.0. The molecule has 0 radical (unpaired) electrons. The molecule has 21 heavy (non-hydrogen) atoms. The molecule has 0 saturated heterocycles. The summed E-state index contributed by atoms with van der Waals surface area (Å²) in [6, 6.07) is 10.6. The average molecular weight is 303 g/mol. The van der Waals surface area contributed by atoms with Crippen LogP contribution in [-0.4, -0.2) is 11.1 Å². The number of aromatic carboxylic acids is 1. The van der Waals surface area contributed by atoms with Crippen molar-refractivity contribution < 1.29 is 9.90 Å². The molecule has 0 spiro atoms. The van der Waals surface area contributed by atoms with E-state index in [0.717, 1.165) is 16.9 Å². The second-order valence-electron chi connectivity index (χ2n) is 5.19. The summed E-state index contributed by atoms with van der Waals surface area (Å²) in [6.07, 6.45) is 1.05. The Bertz CT molecular complexity index is 616. The predicted molar refractivity (Wildman–Crippen MR) is 87.1 cm³/mol. The number of rotatable bonds is 6. The zero-order chi connectivity index (χ0) is 15.4. The fourth-order valence-corrected chi connectivity index (χ4v) is 3.10. The summed E-state index contributed by atoms with van der Waals surface area (Å²) in [6.45, 7) is 6.93. The van der Waals surface area contributed by atoms with Crippen molar-refractivity contribution in [1.29, 1.82) is 0 Å². The van der Waals surface area contributed by atoms with E-state index in [4.69, 9.17) is 5.11 Å². The molecule has 0 amide bonds. The van der Waals surface area contributed by atoms with Crippen LogP contribution in [0.25, 0.3) is 0 Å². The molecule has 1 aromatic heterocycles. The second-order valence-corrected chi connectivity index (χ2v) is 6.45. The molecular formula is C17H21NO2S. The summed E-state index contributed by atoms with van der Waals surface area (Å²) < 4.78 is 0. The first-order chi connectivity index (χ1) is 10.0. The quantitative estimate of drug-likeness (QED) is 0.842. The van der Waals surface area contributed by atoms with Gasteiger partial charge in [-0.15, -0.1) is 11.3 Å². The van der Waals surface area contributed by atoms with Gasteiger partial charge in [-0.05, 0) is 43.0 Å². The van der Waals surface area contributed by atoms with Crippen LogP contribution in [0, 0.1) is 6.92 Å². The van der Waals surface area contributed by atoms with E-state index in [2.05, 4.69) is 43.4 Å². The first-order valence-corrected chi connectivity index (χ1v) is 7.97. The van der Waals surface area contributed by atoms with Crippen LogP contribution in [0.3, 0.4) is 0 Å². The van der Waals surface area contributed by atoms with E-state index in [1.807, 2.05) is 6.92 Å². The Morgan fingerprint density at radius 2 is 2.00 bits per heavy atom. The predicted octanol–water partition coefficient (Wildman–Crippen LogP) is 4.17. The lowest BCUT2D eigenvalue weighted by Crippen LogP contribution is -2.18. The van der Waals surface area contributed by atoms with Crippen molar-refractivity contribution in [3.63, 3.8) is 0 Å². The summed E-state index contributed by atoms with van der Waals surface area (Å²) in [4.78, 5) is 12.4. The van der Waals surface area contributed by atoms with E-state index in [1.165, 1.54) is 22.5 Å². The topological polar surface area (TPSA) is 49.3 Å². The second kappa shape index (κ2) is 6.87. The molecule has 0 saturated carbocycles. The van der Waals surface area contributed by atoms with Gasteiger partial charge in [0.05, 0.1) is 0 Å². The molecular weight excluding hydrogens is 282 g/mol. The van der Waals surface area contributed by atoms with Gasteiger partial charge in [0, 0.05) is 17.5 Å². The standard InChI is InChI=1S/C17H21NO2S/c1-4-13-5-7-14(8-6-13)11(2)18-10-15-9-16(17(19)20)21-12(15)3/h5-9,11,18H,4,10H2,1-3H3,(H,19,20). The average Bonchev–Trinajstić information content (AvgIpc) is 2.86. The van der Waals surface area contributed by atoms with Crippen molar-refractivity contribution >= 4 is 17.3 Å². The van der Waals surface area contributed by atoms with E-state index in [9.17, 15) is 4.79 Å². The third-order valence-corrected chi connectivity index (χ3v) is 4.80. The molecule has 2 rings (SSSR count). The van der Waals surface area contributed by atoms with Crippen LogP contribution >= 0.6 is 11.3 Å². The van der Waals surface area contributed by atoms with Crippen molar-refractivity contribution in [2.75, 3.05) is 0 Å². The highest BCUT2D eigenvalue weighted by Crippen LogP contribution is 2.22. The molecule has 4 heteroatoms. The Kier molecular flexibility index (Phi) is 5.15. The molecule has 2 N–H and O–H groups in total. The lowest BCUT2D eigenvalue weighted by molar-refractivity contribution is 0.0702. The normalized spacial score (nSPS) is 12.3. The molecule has 1 heterocycles. The minimum atomic E-state index is -0.849. The van der Waals surface area contributed by atoms with E-state index in [1.54, 1.807) is 6.07 Å². The summed E-state index contributed by atoms with van der Waals surface area (Å²) in [7, 11) is 0. The molecule has 0 aliphatic rings. The number of benzene rings is 1. The van der Waals surface area contributed by atoms with Crippen LogP contribution in [0.5, 0.6) is 0 Å². The van der Waals surface area contributed by atoms with E-state index in [0.29, 0.717) is 11.4 Å². The van der Waals surface area contributed by atoms with Crippen LogP contribution in [0.4, 0.5) is 0 Å². The maximum atomic E-state index is 11.0. The first-order valence-electron chi connectivity index (χ1n) is 7.16. The van der Waals surface area contributed by atoms with Gasteiger partial charge in [0.15, 0.2) is 0 Å². The fraction of sp³-hybridized carbons (Fsp3) is 0.353. The van der Waals surface area contributed by atoms with Crippen LogP contribution in [0.15, 0.2) is 30.3 Å². The maximum Gasteiger partial charge on any atom is 0.345 e. The highest BCUT2D eigenvalue weighted by atomic mass is 32.1. The van der Waals surface area contributed by atoms with Gasteiger partial charge in [0.2, 0.25) is 0 Å². The molecule has 1 aromatic carbocycles. The Labute approximate surface area is 129 Å². The summed E-state index contributed by atoms with van der Waals surface area (Å²) in [5.41, 5.74) is 3.65. The number of hydrogen-bond acceptors (Lipinski definition) is 3. The number of hydrogen-bond donors (Lipinski definition) is 2. The highest BCUT2D eigenvalue weighted by Gasteiger charge is 2.12. The molecule has 0 fully saturated rings. The Morgan fingerprint density at radius 3 is 2.52 bits per heavy atom. The molecule has 2 aromatic rings. The number of nitrogens with one attached hydrogen (secondary N) is 1. The SMILES string of the molecule is CCc1ccc(C(C)NCc2cc(C(=O)O)sc2C)cc1. The summed E-state index contributed by atoms with van der Waals surface area (Å²) in [5.74, 6) is -0.849. The van der Waals surface area contributed by atoms with Gasteiger partial charge in [0.25, 0.3) is 0 Å². The first kappa shape index (κ1) is 15.7. The Hall–Kier alpha value is -1.65. The number of aryl methyl sites for hydroxylation is 2. The van der Waals surface area contributed by atoms with Crippen LogP contribution in [0.1, 0.15) is 51.1 Å². The minimum absolute atomic E-state index is 0.239. The summed E-state index contributed by atoms with van der Waals surface area (Å²) >= 11 is 1.34. The van der Waals surface area contributed by atoms with Gasteiger partial charge in [0.1, 0.15) is 4.88 Å². The number of carboxylic acids is 1. The van der Waals surface area contributed by atoms with Gasteiger partial charge in [-0.2, -0.15) is 0 Å². The molecule has 1 unspecified atom stereocenters. The largest absolute Gasteiger partial charge is 0.477 e. The molecule has 1 atom stereocenters. The zero-order valence-corrected chi connectivity index (χ0v) is 13.5. The van der Waals surface area contributed by atoms with Crippen molar-refractivity contribution in [2.24, 2.45) is 0 Å². The van der Waals surface area contributed by atoms with Crippen LogP contribution in [-0.2, 0) is 13.0 Å². The van der Waals surface area contributed by atoms with Gasteiger partial charge in [-0.25, -0.2) is 4.79 Å². The Balaban J connectivity index is 1.99. The fourth-order valence-electron chi connectivity index (χ4n) is 2.22. The van der Waals surface area contributed by atoms with Gasteiger partial charge in [-0.1, -0.05) is 31.2 Å². The van der Waals surface area contributed by atoms with Crippen molar-refractivity contribution in [3.05, 3.63) is 56.8 Å². The van der Waals surface area contributed by atoms with Gasteiger partial charge in [-0.3, -0.25) is 0 Å². The van der Waals surface area contributed by atoms with E-state index in [-0.39, 0.29) is 6.04 Å². The molecule has 0 aliphatic heterocycles. The number of thiophene rings is 1. The molecule has 0 aliphatic carbocycles. The van der Waals surface area contributed by atoms with E-state index >= 15 is 0 Å². The molecule has 112 valence electrons. The van der Waals surface area contributed by atoms with Gasteiger partial charge >= 0.3 is 5.97 Å². The van der Waals surface area contributed by atoms with Crippen molar-refractivity contribution in [3.8, 4) is 0 Å². The van der Waals surface area contributed by atoms with Crippen LogP contribution in [0.2, 0.25) is 0 Å². The third kappa shape index (κ3) is 3.93. The number of carbonyl (C=O) groups is 1. The monoisotopic (exact) mass is 303 g/mol. The maximum absolute atomic E-state index is 11.0. The lowest BCUT2D eigenvalue weighted by Gasteiger charge is -2.14.